The molecule has 2 aromatic heterocycles. The van der Waals surface area contributed by atoms with Crippen molar-refractivity contribution in [2.75, 3.05) is 5.75 Å². The number of thiol groups is 1. The molecule has 1 amide bonds. The fourth-order valence-corrected chi connectivity index (χ4v) is 4.47. The van der Waals surface area contributed by atoms with E-state index in [1.165, 1.54) is 22.2 Å². The van der Waals surface area contributed by atoms with Crippen LogP contribution in [0.5, 0.6) is 0 Å². The Morgan fingerprint density at radius 1 is 1.12 bits per heavy atom. The van der Waals surface area contributed by atoms with E-state index < -0.39 is 23.9 Å². The van der Waals surface area contributed by atoms with E-state index in [0.29, 0.717) is 23.5 Å². The number of aliphatic carboxylic acids is 1. The van der Waals surface area contributed by atoms with Gasteiger partial charge in [0, 0.05) is 21.4 Å². The number of carboxylic acids is 2. The molecule has 0 aliphatic carbocycles. The van der Waals surface area contributed by atoms with Gasteiger partial charge in [-0.3, -0.25) is 4.79 Å². The van der Waals surface area contributed by atoms with Gasteiger partial charge < -0.3 is 15.5 Å². The molecule has 11 heteroatoms. The lowest BCUT2D eigenvalue weighted by Gasteiger charge is -2.18. The number of benzene rings is 1. The number of aryl methyl sites for hydroxylation is 1. The minimum absolute atomic E-state index is 0.175. The van der Waals surface area contributed by atoms with E-state index in [4.69, 9.17) is 5.11 Å². The van der Waals surface area contributed by atoms with Gasteiger partial charge in [-0.2, -0.15) is 12.6 Å². The first-order valence-corrected chi connectivity index (χ1v) is 11.2. The van der Waals surface area contributed by atoms with Crippen LogP contribution in [0.4, 0.5) is 0 Å². The molecule has 1 aromatic carbocycles. The third-order valence-corrected chi connectivity index (χ3v) is 6.37. The molecule has 3 rings (SSSR count). The summed E-state index contributed by atoms with van der Waals surface area (Å²) >= 11 is 5.48. The summed E-state index contributed by atoms with van der Waals surface area (Å²) in [5.41, 5.74) is 0.926. The van der Waals surface area contributed by atoms with Crippen molar-refractivity contribution in [3.63, 3.8) is 0 Å². The molecular weight excluding hydrogens is 452 g/mol. The highest BCUT2D eigenvalue weighted by molar-refractivity contribution is 7.80. The second kappa shape index (κ2) is 10.9. The molecule has 2 atom stereocenters. The minimum atomic E-state index is -1.19. The maximum absolute atomic E-state index is 12.8. The molecule has 0 aliphatic heterocycles. The van der Waals surface area contributed by atoms with Gasteiger partial charge >= 0.3 is 11.9 Å². The first-order chi connectivity index (χ1) is 15.4. The Morgan fingerprint density at radius 2 is 1.88 bits per heavy atom. The summed E-state index contributed by atoms with van der Waals surface area (Å²) in [6, 6.07) is 11.9. The SMILES string of the molecule is O=C(O)c1cn(Cc2ccc(C(NC(=O)C(CS)CCc3ccccc3)C(=O)O)s2)nn1. The van der Waals surface area contributed by atoms with Crippen molar-refractivity contribution in [3.05, 3.63) is 69.7 Å². The average Bonchev–Trinajstić information content (AvgIpc) is 3.43. The number of carbonyl (C=O) groups is 3. The maximum atomic E-state index is 12.8. The summed E-state index contributed by atoms with van der Waals surface area (Å²) in [5, 5.41) is 28.5. The van der Waals surface area contributed by atoms with Crippen LogP contribution in [0.25, 0.3) is 0 Å². The predicted octanol–water partition coefficient (Wildman–Crippen LogP) is 2.51. The molecule has 0 fully saturated rings. The molecule has 2 unspecified atom stereocenters. The Kier molecular flexibility index (Phi) is 8.01. The standard InChI is InChI=1S/C21H22N4O5S2/c26-19(14(12-31)7-6-13-4-2-1-3-5-13)22-18(21(29)30)17-9-8-15(32-17)10-25-11-16(20(27)28)23-24-25/h1-5,8-9,11,14,18,31H,6-7,10,12H2,(H,22,26)(H,27,28)(H,29,30). The highest BCUT2D eigenvalue weighted by Crippen LogP contribution is 2.25. The van der Waals surface area contributed by atoms with Crippen molar-refractivity contribution in [1.29, 1.82) is 0 Å². The fourth-order valence-electron chi connectivity index (χ4n) is 3.07. The van der Waals surface area contributed by atoms with E-state index in [-0.39, 0.29) is 18.1 Å². The fraction of sp³-hybridized carbons (Fsp3) is 0.286. The summed E-state index contributed by atoms with van der Waals surface area (Å²) in [6.07, 6.45) is 2.54. The lowest BCUT2D eigenvalue weighted by atomic mass is 9.99. The lowest BCUT2D eigenvalue weighted by Crippen LogP contribution is -2.38. The topological polar surface area (TPSA) is 134 Å². The zero-order valence-electron chi connectivity index (χ0n) is 16.9. The maximum Gasteiger partial charge on any atom is 0.358 e. The summed E-state index contributed by atoms with van der Waals surface area (Å²) in [4.78, 5) is 36.7. The number of rotatable bonds is 11. The Labute approximate surface area is 193 Å². The molecule has 0 aliphatic rings. The van der Waals surface area contributed by atoms with Crippen LogP contribution in [0.2, 0.25) is 0 Å². The normalized spacial score (nSPS) is 12.8. The number of hydrogen-bond acceptors (Lipinski definition) is 7. The van der Waals surface area contributed by atoms with Crippen molar-refractivity contribution in [2.45, 2.75) is 25.4 Å². The van der Waals surface area contributed by atoms with Gasteiger partial charge in [-0.15, -0.1) is 16.4 Å². The molecule has 0 saturated carbocycles. The Bertz CT molecular complexity index is 1080. The molecule has 3 aromatic rings. The summed E-state index contributed by atoms with van der Waals surface area (Å²) in [5.74, 6) is -2.83. The van der Waals surface area contributed by atoms with Gasteiger partial charge in [-0.05, 0) is 30.5 Å². The first kappa shape index (κ1) is 23.5. The quantitative estimate of drug-likeness (QED) is 0.314. The molecule has 168 valence electrons. The van der Waals surface area contributed by atoms with E-state index in [9.17, 15) is 19.5 Å². The molecule has 0 radical (unpaired) electrons. The van der Waals surface area contributed by atoms with E-state index in [1.807, 2.05) is 30.3 Å². The molecule has 0 saturated heterocycles. The zero-order valence-corrected chi connectivity index (χ0v) is 18.6. The van der Waals surface area contributed by atoms with Crippen LogP contribution in [-0.4, -0.2) is 48.8 Å². The minimum Gasteiger partial charge on any atom is -0.479 e. The van der Waals surface area contributed by atoms with E-state index in [0.717, 1.165) is 10.4 Å². The molecule has 9 nitrogen and oxygen atoms in total. The van der Waals surface area contributed by atoms with Gasteiger partial charge in [0.05, 0.1) is 12.7 Å². The average molecular weight is 475 g/mol. The van der Waals surface area contributed by atoms with Gasteiger partial charge in [-0.25, -0.2) is 14.3 Å². The number of aromatic carboxylic acids is 1. The molecule has 2 heterocycles. The molecule has 0 bridgehead atoms. The van der Waals surface area contributed by atoms with Crippen LogP contribution in [0.3, 0.4) is 0 Å². The number of carbonyl (C=O) groups excluding carboxylic acids is 1. The van der Waals surface area contributed by atoms with Crippen molar-refractivity contribution < 1.29 is 24.6 Å². The zero-order chi connectivity index (χ0) is 23.1. The highest BCUT2D eigenvalue weighted by atomic mass is 32.1. The second-order valence-electron chi connectivity index (χ2n) is 7.09. The van der Waals surface area contributed by atoms with Crippen LogP contribution in [0.15, 0.2) is 48.7 Å². The van der Waals surface area contributed by atoms with Gasteiger partial charge in [0.15, 0.2) is 11.7 Å². The Morgan fingerprint density at radius 3 is 2.50 bits per heavy atom. The van der Waals surface area contributed by atoms with Gasteiger partial charge in [0.25, 0.3) is 0 Å². The van der Waals surface area contributed by atoms with Crippen LogP contribution < -0.4 is 5.32 Å². The molecule has 3 N–H and O–H groups in total. The molecule has 32 heavy (non-hydrogen) atoms. The van der Waals surface area contributed by atoms with Crippen molar-refractivity contribution in [3.8, 4) is 0 Å². The molecular formula is C21H22N4O5S2. The number of amides is 1. The molecule has 0 spiro atoms. The third kappa shape index (κ3) is 6.17. The van der Waals surface area contributed by atoms with E-state index in [2.05, 4.69) is 28.3 Å². The summed E-state index contributed by atoms with van der Waals surface area (Å²) in [6.45, 7) is 0.238. The van der Waals surface area contributed by atoms with E-state index in [1.54, 1.807) is 12.1 Å². The van der Waals surface area contributed by atoms with Crippen molar-refractivity contribution in [1.82, 2.24) is 20.3 Å². The first-order valence-electron chi connectivity index (χ1n) is 9.77. The monoisotopic (exact) mass is 474 g/mol. The van der Waals surface area contributed by atoms with Crippen molar-refractivity contribution >= 4 is 41.8 Å². The van der Waals surface area contributed by atoms with Crippen LogP contribution >= 0.6 is 24.0 Å². The smallest absolute Gasteiger partial charge is 0.358 e. The Balaban J connectivity index is 1.64. The number of thiophene rings is 1. The van der Waals surface area contributed by atoms with Crippen LogP contribution in [0.1, 0.15) is 38.3 Å². The number of nitrogens with one attached hydrogen (secondary N) is 1. The number of hydrogen-bond donors (Lipinski definition) is 4. The van der Waals surface area contributed by atoms with Crippen LogP contribution in [0, 0.1) is 5.92 Å². The predicted molar refractivity (Wildman–Crippen MR) is 121 cm³/mol. The van der Waals surface area contributed by atoms with Gasteiger partial charge in [0.1, 0.15) is 0 Å². The van der Waals surface area contributed by atoms with Gasteiger partial charge in [0.2, 0.25) is 5.91 Å². The summed E-state index contributed by atoms with van der Waals surface area (Å²) < 4.78 is 1.36. The lowest BCUT2D eigenvalue weighted by molar-refractivity contribution is -0.142. The third-order valence-electron chi connectivity index (χ3n) is 4.79. The van der Waals surface area contributed by atoms with Gasteiger partial charge in [-0.1, -0.05) is 35.5 Å². The Hall–Kier alpha value is -3.18. The number of nitrogens with zero attached hydrogens (tertiary/aromatic N) is 3. The number of aromatic nitrogens is 3. The summed E-state index contributed by atoms with van der Waals surface area (Å²) in [7, 11) is 0. The second-order valence-corrected chi connectivity index (χ2v) is 8.66. The largest absolute Gasteiger partial charge is 0.479 e. The van der Waals surface area contributed by atoms with Crippen molar-refractivity contribution in [2.24, 2.45) is 5.92 Å². The highest BCUT2D eigenvalue weighted by Gasteiger charge is 2.27. The van der Waals surface area contributed by atoms with E-state index >= 15 is 0 Å². The van der Waals surface area contributed by atoms with Crippen LogP contribution in [-0.2, 0) is 22.6 Å². The number of carboxylic acid groups (broad SMARTS) is 2.